The summed E-state index contributed by atoms with van der Waals surface area (Å²) in [6, 6.07) is 21.4. The Hall–Kier alpha value is -2.77. The predicted molar refractivity (Wildman–Crippen MR) is 127 cm³/mol. The van der Waals surface area contributed by atoms with E-state index >= 15 is 0 Å². The summed E-state index contributed by atoms with van der Waals surface area (Å²) in [7, 11) is -3.69. The van der Waals surface area contributed by atoms with Crippen LogP contribution in [-0.2, 0) is 16.6 Å². The molecule has 31 heavy (non-hydrogen) atoms. The molecule has 7 heteroatoms. The van der Waals surface area contributed by atoms with Gasteiger partial charge in [0.2, 0.25) is 0 Å². The first-order valence-electron chi connectivity index (χ1n) is 9.95. The summed E-state index contributed by atoms with van der Waals surface area (Å²) in [5.41, 5.74) is 3.17. The number of hydrogen-bond donors (Lipinski definition) is 1. The van der Waals surface area contributed by atoms with Crippen LogP contribution in [0.1, 0.15) is 28.4 Å². The zero-order valence-corrected chi connectivity index (χ0v) is 19.5. The molecule has 0 atom stereocenters. The van der Waals surface area contributed by atoms with Crippen LogP contribution in [0.25, 0.3) is 0 Å². The third-order valence-electron chi connectivity index (χ3n) is 4.89. The number of thioether (sulfide) groups is 1. The third kappa shape index (κ3) is 5.48. The Morgan fingerprint density at radius 1 is 1.00 bits per heavy atom. The van der Waals surface area contributed by atoms with Gasteiger partial charge in [0.15, 0.2) is 0 Å². The second-order valence-corrected chi connectivity index (χ2v) is 9.81. The van der Waals surface area contributed by atoms with Crippen molar-refractivity contribution in [2.75, 3.05) is 17.1 Å². The molecular formula is C24H26N2O3S2. The van der Waals surface area contributed by atoms with E-state index < -0.39 is 10.0 Å². The van der Waals surface area contributed by atoms with E-state index in [2.05, 4.69) is 5.32 Å². The van der Waals surface area contributed by atoms with Crippen LogP contribution in [0.2, 0.25) is 0 Å². The van der Waals surface area contributed by atoms with Crippen LogP contribution in [0.4, 0.5) is 5.69 Å². The molecule has 0 aromatic heterocycles. The molecule has 3 rings (SSSR count). The summed E-state index contributed by atoms with van der Waals surface area (Å²) in [4.78, 5) is 13.7. The Morgan fingerprint density at radius 3 is 2.26 bits per heavy atom. The van der Waals surface area contributed by atoms with Gasteiger partial charge in [0.25, 0.3) is 15.9 Å². The van der Waals surface area contributed by atoms with Gasteiger partial charge >= 0.3 is 0 Å². The number of anilines is 1. The molecular weight excluding hydrogens is 428 g/mol. The molecule has 1 amide bonds. The number of rotatable bonds is 8. The maximum absolute atomic E-state index is 13.1. The molecule has 3 aromatic carbocycles. The van der Waals surface area contributed by atoms with Crippen LogP contribution < -0.4 is 9.62 Å². The molecule has 0 fully saturated rings. The van der Waals surface area contributed by atoms with Gasteiger partial charge in [0.05, 0.1) is 10.6 Å². The van der Waals surface area contributed by atoms with Gasteiger partial charge in [-0.25, -0.2) is 8.42 Å². The van der Waals surface area contributed by atoms with E-state index in [0.29, 0.717) is 17.8 Å². The topological polar surface area (TPSA) is 66.5 Å². The highest BCUT2D eigenvalue weighted by Crippen LogP contribution is 2.25. The third-order valence-corrected chi connectivity index (χ3v) is 7.55. The molecule has 0 saturated carbocycles. The smallest absolute Gasteiger partial charge is 0.264 e. The standard InChI is InChI=1S/C24H26N2O3S2/c1-4-26(31(28,29)23-14-12-22(30-3)13-15-23)21-10-8-20(9-11-21)24(27)25-17-19-7-5-6-18(2)16-19/h5-16H,4,17H2,1-3H3,(H,25,27). The molecule has 0 aliphatic carbocycles. The molecule has 1 N–H and O–H groups in total. The van der Waals surface area contributed by atoms with Crippen molar-refractivity contribution in [3.05, 3.63) is 89.5 Å². The lowest BCUT2D eigenvalue weighted by atomic mass is 10.1. The van der Waals surface area contributed by atoms with Crippen LogP contribution in [0, 0.1) is 6.92 Å². The first-order valence-corrected chi connectivity index (χ1v) is 12.6. The minimum Gasteiger partial charge on any atom is -0.348 e. The predicted octanol–water partition coefficient (Wildman–Crippen LogP) is 4.86. The first kappa shape index (κ1) is 22.9. The number of hydrogen-bond acceptors (Lipinski definition) is 4. The van der Waals surface area contributed by atoms with Gasteiger partial charge in [-0.15, -0.1) is 11.8 Å². The minimum absolute atomic E-state index is 0.202. The van der Waals surface area contributed by atoms with Crippen LogP contribution in [0.15, 0.2) is 82.6 Å². The zero-order valence-electron chi connectivity index (χ0n) is 17.8. The molecule has 0 aliphatic rings. The molecule has 0 bridgehead atoms. The summed E-state index contributed by atoms with van der Waals surface area (Å²) in [5, 5.41) is 2.90. The highest BCUT2D eigenvalue weighted by molar-refractivity contribution is 7.98. The maximum Gasteiger partial charge on any atom is 0.264 e. The van der Waals surface area contributed by atoms with E-state index in [1.807, 2.05) is 37.4 Å². The van der Waals surface area contributed by atoms with E-state index in [-0.39, 0.29) is 17.3 Å². The fourth-order valence-corrected chi connectivity index (χ4v) is 5.13. The molecule has 0 radical (unpaired) electrons. The number of nitrogens with one attached hydrogen (secondary N) is 1. The Balaban J connectivity index is 1.74. The quantitative estimate of drug-likeness (QED) is 0.494. The average Bonchev–Trinajstić information content (AvgIpc) is 2.78. The lowest BCUT2D eigenvalue weighted by molar-refractivity contribution is 0.0951. The lowest BCUT2D eigenvalue weighted by Gasteiger charge is -2.23. The number of carbonyl (C=O) groups is 1. The molecule has 3 aromatic rings. The number of carbonyl (C=O) groups excluding carboxylic acids is 1. The molecule has 0 unspecified atom stereocenters. The van der Waals surface area contributed by atoms with Gasteiger partial charge in [0, 0.05) is 23.5 Å². The van der Waals surface area contributed by atoms with E-state index in [1.165, 1.54) is 4.31 Å². The van der Waals surface area contributed by atoms with E-state index in [0.717, 1.165) is 16.0 Å². The average molecular weight is 455 g/mol. The molecule has 0 aliphatic heterocycles. The largest absolute Gasteiger partial charge is 0.348 e. The van der Waals surface area contributed by atoms with Crippen molar-refractivity contribution >= 4 is 33.4 Å². The number of benzene rings is 3. The molecule has 0 heterocycles. The molecule has 0 spiro atoms. The van der Waals surface area contributed by atoms with Crippen LogP contribution >= 0.6 is 11.8 Å². The van der Waals surface area contributed by atoms with Crippen molar-refractivity contribution in [2.24, 2.45) is 0 Å². The summed E-state index contributed by atoms with van der Waals surface area (Å²) >= 11 is 1.56. The molecule has 162 valence electrons. The van der Waals surface area contributed by atoms with Crippen LogP contribution in [0.3, 0.4) is 0 Å². The van der Waals surface area contributed by atoms with E-state index in [1.54, 1.807) is 67.2 Å². The van der Waals surface area contributed by atoms with Gasteiger partial charge < -0.3 is 5.32 Å². The zero-order chi connectivity index (χ0) is 22.4. The molecule has 5 nitrogen and oxygen atoms in total. The Kier molecular flexibility index (Phi) is 7.41. The fourth-order valence-electron chi connectivity index (χ4n) is 3.25. The van der Waals surface area contributed by atoms with E-state index in [9.17, 15) is 13.2 Å². The Labute approximate surface area is 188 Å². The van der Waals surface area contributed by atoms with Crippen LogP contribution in [-0.4, -0.2) is 27.1 Å². The number of nitrogens with zero attached hydrogens (tertiary/aromatic N) is 1. The Bertz CT molecular complexity index is 1140. The number of sulfonamides is 1. The highest BCUT2D eigenvalue weighted by Gasteiger charge is 2.23. The first-order chi connectivity index (χ1) is 14.8. The Morgan fingerprint density at radius 2 is 1.68 bits per heavy atom. The van der Waals surface area contributed by atoms with Gasteiger partial charge in [-0.2, -0.15) is 0 Å². The maximum atomic E-state index is 13.1. The van der Waals surface area contributed by atoms with Crippen molar-refractivity contribution in [3.63, 3.8) is 0 Å². The van der Waals surface area contributed by atoms with Crippen LogP contribution in [0.5, 0.6) is 0 Å². The second kappa shape index (κ2) is 10.0. The summed E-state index contributed by atoms with van der Waals surface area (Å²) in [5.74, 6) is -0.202. The summed E-state index contributed by atoms with van der Waals surface area (Å²) in [6.45, 7) is 4.51. The summed E-state index contributed by atoms with van der Waals surface area (Å²) in [6.07, 6.45) is 1.94. The fraction of sp³-hybridized carbons (Fsp3) is 0.208. The monoisotopic (exact) mass is 454 g/mol. The van der Waals surface area contributed by atoms with Crippen molar-refractivity contribution in [2.45, 2.75) is 30.2 Å². The number of amides is 1. The van der Waals surface area contributed by atoms with E-state index in [4.69, 9.17) is 0 Å². The normalized spacial score (nSPS) is 11.2. The van der Waals surface area contributed by atoms with Crippen molar-refractivity contribution in [1.82, 2.24) is 5.32 Å². The lowest BCUT2D eigenvalue weighted by Crippen LogP contribution is -2.31. The van der Waals surface area contributed by atoms with Crippen molar-refractivity contribution < 1.29 is 13.2 Å². The summed E-state index contributed by atoms with van der Waals surface area (Å²) < 4.78 is 27.6. The second-order valence-electron chi connectivity index (χ2n) is 7.06. The van der Waals surface area contributed by atoms with Gasteiger partial charge in [0.1, 0.15) is 0 Å². The van der Waals surface area contributed by atoms with Crippen molar-refractivity contribution in [3.8, 4) is 0 Å². The van der Waals surface area contributed by atoms with Gasteiger partial charge in [-0.3, -0.25) is 9.10 Å². The minimum atomic E-state index is -3.69. The molecule has 0 saturated heterocycles. The van der Waals surface area contributed by atoms with Gasteiger partial charge in [-0.05, 0) is 74.2 Å². The van der Waals surface area contributed by atoms with Gasteiger partial charge in [-0.1, -0.05) is 29.8 Å². The highest BCUT2D eigenvalue weighted by atomic mass is 32.2. The number of aryl methyl sites for hydroxylation is 1. The van der Waals surface area contributed by atoms with Crippen molar-refractivity contribution in [1.29, 1.82) is 0 Å². The SMILES string of the molecule is CCN(c1ccc(C(=O)NCc2cccc(C)c2)cc1)S(=O)(=O)c1ccc(SC)cc1.